The van der Waals surface area contributed by atoms with E-state index in [0.717, 1.165) is 24.2 Å². The molecule has 0 saturated carbocycles. The van der Waals surface area contributed by atoms with E-state index < -0.39 is 0 Å². The Bertz CT molecular complexity index is 734. The van der Waals surface area contributed by atoms with E-state index >= 15 is 0 Å². The smallest absolute Gasteiger partial charge is 0.143 e. The molecular formula is C16H17N3. The third-order valence-electron chi connectivity index (χ3n) is 3.45. The fourth-order valence-electron chi connectivity index (χ4n) is 2.54. The van der Waals surface area contributed by atoms with Crippen LogP contribution in [0.15, 0.2) is 42.5 Å². The highest BCUT2D eigenvalue weighted by atomic mass is 15.2. The zero-order valence-electron chi connectivity index (χ0n) is 11.0. The normalized spacial score (nSPS) is 11.1. The molecule has 3 nitrogen and oxygen atoms in total. The van der Waals surface area contributed by atoms with Crippen LogP contribution >= 0.6 is 0 Å². The van der Waals surface area contributed by atoms with Crippen molar-refractivity contribution in [1.29, 1.82) is 0 Å². The van der Waals surface area contributed by atoms with Crippen LogP contribution in [0.5, 0.6) is 0 Å². The predicted molar refractivity (Wildman–Crippen MR) is 81.1 cm³/mol. The predicted octanol–water partition coefficient (Wildman–Crippen LogP) is 3.63. The number of hydrogen-bond acceptors (Lipinski definition) is 3. The first-order valence-electron chi connectivity index (χ1n) is 6.61. The van der Waals surface area contributed by atoms with Crippen molar-refractivity contribution in [3.05, 3.63) is 48.0 Å². The van der Waals surface area contributed by atoms with E-state index in [4.69, 9.17) is 10.8 Å². The van der Waals surface area contributed by atoms with E-state index in [-0.39, 0.29) is 0 Å². The van der Waals surface area contributed by atoms with Crippen LogP contribution in [0.4, 0.5) is 5.82 Å². The van der Waals surface area contributed by atoms with E-state index in [0.29, 0.717) is 0 Å². The molecular weight excluding hydrogens is 234 g/mol. The Balaban J connectivity index is 2.34. The Labute approximate surface area is 112 Å². The standard InChI is InChI=1S/C16H17N3/c1-2-5-13-10-12-9-8-11-6-3-4-7-14(11)15(12)18-16(13)19-17/h3-4,6-10H,2,5,17H2,1H3,(H,18,19). The Morgan fingerprint density at radius 1 is 1.11 bits per heavy atom. The second-order valence-corrected chi connectivity index (χ2v) is 4.75. The number of anilines is 1. The largest absolute Gasteiger partial charge is 0.308 e. The lowest BCUT2D eigenvalue weighted by Crippen LogP contribution is -2.11. The van der Waals surface area contributed by atoms with Crippen LogP contribution in [-0.2, 0) is 6.42 Å². The van der Waals surface area contributed by atoms with Gasteiger partial charge < -0.3 is 5.43 Å². The van der Waals surface area contributed by atoms with Gasteiger partial charge in [-0.1, -0.05) is 49.7 Å². The van der Waals surface area contributed by atoms with Crippen molar-refractivity contribution in [1.82, 2.24) is 4.98 Å². The van der Waals surface area contributed by atoms with E-state index in [1.165, 1.54) is 21.7 Å². The quantitative estimate of drug-likeness (QED) is 0.424. The Morgan fingerprint density at radius 3 is 2.68 bits per heavy atom. The van der Waals surface area contributed by atoms with Gasteiger partial charge in [0.2, 0.25) is 0 Å². The third-order valence-corrected chi connectivity index (χ3v) is 3.45. The molecule has 0 unspecified atom stereocenters. The van der Waals surface area contributed by atoms with Crippen molar-refractivity contribution in [2.75, 3.05) is 5.43 Å². The number of benzene rings is 2. The second-order valence-electron chi connectivity index (χ2n) is 4.75. The van der Waals surface area contributed by atoms with E-state index in [1.807, 2.05) is 12.1 Å². The Kier molecular flexibility index (Phi) is 3.05. The summed E-state index contributed by atoms with van der Waals surface area (Å²) in [6.45, 7) is 2.16. The molecule has 0 radical (unpaired) electrons. The molecule has 0 bridgehead atoms. The van der Waals surface area contributed by atoms with Crippen molar-refractivity contribution in [3.63, 3.8) is 0 Å². The lowest BCUT2D eigenvalue weighted by Gasteiger charge is -2.10. The van der Waals surface area contributed by atoms with Crippen LogP contribution in [0.3, 0.4) is 0 Å². The molecule has 0 amide bonds. The number of hydrogen-bond donors (Lipinski definition) is 2. The van der Waals surface area contributed by atoms with Crippen molar-refractivity contribution in [3.8, 4) is 0 Å². The lowest BCUT2D eigenvalue weighted by atomic mass is 10.0. The molecule has 1 aromatic heterocycles. The molecule has 0 atom stereocenters. The first kappa shape index (κ1) is 11.9. The molecule has 0 spiro atoms. The molecule has 1 heterocycles. The summed E-state index contributed by atoms with van der Waals surface area (Å²) in [5.74, 6) is 6.39. The highest BCUT2D eigenvalue weighted by Crippen LogP contribution is 2.27. The fraction of sp³-hybridized carbons (Fsp3) is 0.188. The molecule has 0 aliphatic rings. The molecule has 0 aliphatic heterocycles. The van der Waals surface area contributed by atoms with Crippen molar-refractivity contribution >= 4 is 27.5 Å². The number of pyridine rings is 1. The summed E-state index contributed by atoms with van der Waals surface area (Å²) >= 11 is 0. The number of nitrogen functional groups attached to an aromatic ring is 1. The van der Waals surface area contributed by atoms with Gasteiger partial charge in [0.25, 0.3) is 0 Å². The zero-order chi connectivity index (χ0) is 13.2. The van der Waals surface area contributed by atoms with E-state index in [9.17, 15) is 0 Å². The molecule has 3 N–H and O–H groups in total. The Hall–Kier alpha value is -2.13. The topological polar surface area (TPSA) is 50.9 Å². The monoisotopic (exact) mass is 251 g/mol. The molecule has 3 aromatic rings. The van der Waals surface area contributed by atoms with Gasteiger partial charge in [0.05, 0.1) is 5.52 Å². The SMILES string of the molecule is CCCc1cc2ccc3ccccc3c2nc1NN. The second kappa shape index (κ2) is 4.86. The summed E-state index contributed by atoms with van der Waals surface area (Å²) in [7, 11) is 0. The van der Waals surface area contributed by atoms with Gasteiger partial charge in [0.15, 0.2) is 0 Å². The van der Waals surface area contributed by atoms with Crippen LogP contribution in [0, 0.1) is 0 Å². The minimum absolute atomic E-state index is 0.783. The summed E-state index contributed by atoms with van der Waals surface area (Å²) in [6.07, 6.45) is 2.06. The van der Waals surface area contributed by atoms with Crippen molar-refractivity contribution in [2.45, 2.75) is 19.8 Å². The van der Waals surface area contributed by atoms with Crippen LogP contribution in [0.1, 0.15) is 18.9 Å². The van der Waals surface area contributed by atoms with Crippen LogP contribution in [0.25, 0.3) is 21.7 Å². The summed E-state index contributed by atoms with van der Waals surface area (Å²) in [6, 6.07) is 14.7. The lowest BCUT2D eigenvalue weighted by molar-refractivity contribution is 0.917. The number of aryl methyl sites for hydroxylation is 1. The summed E-state index contributed by atoms with van der Waals surface area (Å²) in [5, 5.41) is 3.54. The molecule has 2 aromatic carbocycles. The maximum absolute atomic E-state index is 5.60. The number of aromatic nitrogens is 1. The molecule has 0 fully saturated rings. The molecule has 0 saturated heterocycles. The first-order valence-corrected chi connectivity index (χ1v) is 6.61. The number of nitrogens with two attached hydrogens (primary N) is 1. The van der Waals surface area contributed by atoms with E-state index in [2.05, 4.69) is 42.7 Å². The van der Waals surface area contributed by atoms with Gasteiger partial charge in [-0.2, -0.15) is 0 Å². The molecule has 3 rings (SSSR count). The highest BCUT2D eigenvalue weighted by Gasteiger charge is 2.07. The van der Waals surface area contributed by atoms with Crippen molar-refractivity contribution < 1.29 is 0 Å². The Morgan fingerprint density at radius 2 is 1.89 bits per heavy atom. The molecule has 96 valence electrons. The molecule has 0 aliphatic carbocycles. The number of rotatable bonds is 3. The van der Waals surface area contributed by atoms with Gasteiger partial charge in [0, 0.05) is 10.8 Å². The minimum Gasteiger partial charge on any atom is -0.308 e. The number of nitrogens with one attached hydrogen (secondary N) is 1. The van der Waals surface area contributed by atoms with Gasteiger partial charge in [0.1, 0.15) is 5.82 Å². The zero-order valence-corrected chi connectivity index (χ0v) is 11.0. The van der Waals surface area contributed by atoms with Gasteiger partial charge >= 0.3 is 0 Å². The molecule has 19 heavy (non-hydrogen) atoms. The summed E-state index contributed by atoms with van der Waals surface area (Å²) in [4.78, 5) is 4.70. The van der Waals surface area contributed by atoms with Gasteiger partial charge in [-0.05, 0) is 23.4 Å². The van der Waals surface area contributed by atoms with Crippen LogP contribution in [-0.4, -0.2) is 4.98 Å². The maximum Gasteiger partial charge on any atom is 0.143 e. The van der Waals surface area contributed by atoms with Gasteiger partial charge in [-0.15, -0.1) is 0 Å². The van der Waals surface area contributed by atoms with Crippen LogP contribution < -0.4 is 11.3 Å². The van der Waals surface area contributed by atoms with E-state index in [1.54, 1.807) is 0 Å². The third kappa shape index (κ3) is 2.02. The maximum atomic E-state index is 5.60. The number of fused-ring (bicyclic) bond motifs is 3. The van der Waals surface area contributed by atoms with Gasteiger partial charge in [-0.25, -0.2) is 10.8 Å². The van der Waals surface area contributed by atoms with Crippen molar-refractivity contribution in [2.24, 2.45) is 5.84 Å². The number of nitrogens with zero attached hydrogens (tertiary/aromatic N) is 1. The fourth-order valence-corrected chi connectivity index (χ4v) is 2.54. The average Bonchev–Trinajstić information content (AvgIpc) is 2.46. The first-order chi connectivity index (χ1) is 9.33. The minimum atomic E-state index is 0.783. The molecule has 3 heteroatoms. The van der Waals surface area contributed by atoms with Gasteiger partial charge in [-0.3, -0.25) is 0 Å². The highest BCUT2D eigenvalue weighted by molar-refractivity contribution is 6.05. The number of hydrazine groups is 1. The average molecular weight is 251 g/mol. The summed E-state index contributed by atoms with van der Waals surface area (Å²) in [5.41, 5.74) is 4.91. The summed E-state index contributed by atoms with van der Waals surface area (Å²) < 4.78 is 0. The van der Waals surface area contributed by atoms with Crippen LogP contribution in [0.2, 0.25) is 0 Å².